The van der Waals surface area contributed by atoms with Gasteiger partial charge in [-0.15, -0.1) is 0 Å². The molecule has 4 heteroatoms. The molecule has 0 amide bonds. The van der Waals surface area contributed by atoms with E-state index in [1.807, 2.05) is 6.92 Å². The van der Waals surface area contributed by atoms with E-state index in [0.717, 1.165) is 12.8 Å². The predicted molar refractivity (Wildman–Crippen MR) is 60.3 cm³/mol. The minimum atomic E-state index is 0.0328. The van der Waals surface area contributed by atoms with Crippen molar-refractivity contribution in [2.24, 2.45) is 5.73 Å². The van der Waals surface area contributed by atoms with E-state index in [0.29, 0.717) is 11.4 Å². The third kappa shape index (κ3) is 3.58. The number of rotatable bonds is 5. The fraction of sp³-hybridized carbons (Fsp3) is 0.455. The summed E-state index contributed by atoms with van der Waals surface area (Å²) in [5, 5.41) is 7.29. The summed E-state index contributed by atoms with van der Waals surface area (Å²) in [5.41, 5.74) is 6.01. The van der Waals surface area contributed by atoms with Crippen molar-refractivity contribution in [1.29, 1.82) is 5.41 Å². The van der Waals surface area contributed by atoms with Gasteiger partial charge in [0, 0.05) is 17.8 Å². The number of nitrogens with one attached hydrogen (secondary N) is 1. The molecule has 0 aliphatic heterocycles. The second-order valence-corrected chi connectivity index (χ2v) is 3.51. The Morgan fingerprint density at radius 3 is 3.00 bits per heavy atom. The number of hydrogen-bond donors (Lipinski definition) is 2. The zero-order valence-electron chi connectivity index (χ0n) is 9.16. The smallest absolute Gasteiger partial charge is 0.214 e. The Hall–Kier alpha value is -1.58. The van der Waals surface area contributed by atoms with Crippen LogP contribution in [0.1, 0.15) is 32.3 Å². The average molecular weight is 207 g/mol. The van der Waals surface area contributed by atoms with E-state index in [-0.39, 0.29) is 11.9 Å². The second-order valence-electron chi connectivity index (χ2n) is 3.51. The van der Waals surface area contributed by atoms with Gasteiger partial charge in [0.05, 0.1) is 6.10 Å². The molecule has 15 heavy (non-hydrogen) atoms. The molecule has 1 rings (SSSR count). The lowest BCUT2D eigenvalue weighted by atomic mass is 10.2. The number of nitrogen functional groups attached to an aromatic ring is 1. The first-order chi connectivity index (χ1) is 7.13. The van der Waals surface area contributed by atoms with Crippen LogP contribution < -0.4 is 10.5 Å². The van der Waals surface area contributed by atoms with Crippen LogP contribution >= 0.6 is 0 Å². The number of ether oxygens (including phenoxy) is 1. The van der Waals surface area contributed by atoms with E-state index in [1.54, 1.807) is 18.3 Å². The summed E-state index contributed by atoms with van der Waals surface area (Å²) in [6.45, 7) is 4.12. The van der Waals surface area contributed by atoms with Gasteiger partial charge in [-0.2, -0.15) is 0 Å². The molecule has 0 aromatic carbocycles. The van der Waals surface area contributed by atoms with Gasteiger partial charge in [0.2, 0.25) is 5.88 Å². The summed E-state index contributed by atoms with van der Waals surface area (Å²) < 4.78 is 5.58. The van der Waals surface area contributed by atoms with E-state index in [4.69, 9.17) is 15.9 Å². The van der Waals surface area contributed by atoms with E-state index in [2.05, 4.69) is 11.9 Å². The zero-order chi connectivity index (χ0) is 11.3. The first-order valence-corrected chi connectivity index (χ1v) is 5.10. The van der Waals surface area contributed by atoms with Gasteiger partial charge in [-0.3, -0.25) is 5.41 Å². The van der Waals surface area contributed by atoms with Gasteiger partial charge < -0.3 is 10.5 Å². The van der Waals surface area contributed by atoms with Crippen molar-refractivity contribution in [2.75, 3.05) is 0 Å². The monoisotopic (exact) mass is 207 g/mol. The van der Waals surface area contributed by atoms with Crippen molar-refractivity contribution in [3.63, 3.8) is 0 Å². The van der Waals surface area contributed by atoms with Gasteiger partial charge in [0.1, 0.15) is 5.84 Å². The molecule has 1 heterocycles. The summed E-state index contributed by atoms with van der Waals surface area (Å²) in [5.74, 6) is 0.564. The van der Waals surface area contributed by atoms with Crippen LogP contribution in [0.4, 0.5) is 0 Å². The lowest BCUT2D eigenvalue weighted by molar-refractivity contribution is 0.201. The van der Waals surface area contributed by atoms with Gasteiger partial charge in [-0.25, -0.2) is 4.98 Å². The Morgan fingerprint density at radius 2 is 2.40 bits per heavy atom. The molecule has 1 aromatic rings. The fourth-order valence-corrected chi connectivity index (χ4v) is 1.31. The summed E-state index contributed by atoms with van der Waals surface area (Å²) >= 11 is 0. The number of hydrogen-bond acceptors (Lipinski definition) is 3. The van der Waals surface area contributed by atoms with Gasteiger partial charge in [-0.1, -0.05) is 13.3 Å². The van der Waals surface area contributed by atoms with Gasteiger partial charge in [0.15, 0.2) is 0 Å². The number of amidine groups is 1. The molecule has 0 saturated carbocycles. The lowest BCUT2D eigenvalue weighted by Crippen LogP contribution is -2.14. The predicted octanol–water partition coefficient (Wildman–Crippen LogP) is 1.93. The van der Waals surface area contributed by atoms with Crippen LogP contribution in [-0.2, 0) is 0 Å². The molecule has 0 spiro atoms. The largest absolute Gasteiger partial charge is 0.475 e. The van der Waals surface area contributed by atoms with Crippen molar-refractivity contribution in [3.8, 4) is 5.88 Å². The summed E-state index contributed by atoms with van der Waals surface area (Å²) in [7, 11) is 0. The molecular weight excluding hydrogens is 190 g/mol. The molecule has 0 radical (unpaired) electrons. The molecule has 0 saturated heterocycles. The Balaban J connectivity index is 2.69. The van der Waals surface area contributed by atoms with E-state index >= 15 is 0 Å². The van der Waals surface area contributed by atoms with Crippen LogP contribution in [0.2, 0.25) is 0 Å². The van der Waals surface area contributed by atoms with Crippen LogP contribution in [0.5, 0.6) is 5.88 Å². The lowest BCUT2D eigenvalue weighted by Gasteiger charge is -2.12. The third-order valence-corrected chi connectivity index (χ3v) is 2.06. The molecule has 0 bridgehead atoms. The number of nitrogens with zero attached hydrogens (tertiary/aromatic N) is 1. The molecule has 1 unspecified atom stereocenters. The molecule has 82 valence electrons. The minimum Gasteiger partial charge on any atom is -0.475 e. The summed E-state index contributed by atoms with van der Waals surface area (Å²) in [4.78, 5) is 4.07. The van der Waals surface area contributed by atoms with Crippen LogP contribution in [-0.4, -0.2) is 16.9 Å². The molecule has 0 fully saturated rings. The molecular formula is C11H17N3O. The normalized spacial score (nSPS) is 12.1. The SMILES string of the molecule is CCCC(C)Oc1cc(C(=N)N)ccn1. The van der Waals surface area contributed by atoms with Crippen LogP contribution in [0.3, 0.4) is 0 Å². The quantitative estimate of drug-likeness (QED) is 0.572. The molecule has 1 aromatic heterocycles. The van der Waals surface area contributed by atoms with Crippen molar-refractivity contribution >= 4 is 5.84 Å². The molecule has 0 aliphatic rings. The van der Waals surface area contributed by atoms with Gasteiger partial charge in [0.25, 0.3) is 0 Å². The highest BCUT2D eigenvalue weighted by molar-refractivity contribution is 5.95. The summed E-state index contributed by atoms with van der Waals surface area (Å²) in [6.07, 6.45) is 3.81. The van der Waals surface area contributed by atoms with Gasteiger partial charge in [-0.05, 0) is 19.4 Å². The maximum Gasteiger partial charge on any atom is 0.214 e. The van der Waals surface area contributed by atoms with E-state index in [1.165, 1.54) is 0 Å². The Kier molecular flexibility index (Phi) is 4.09. The fourth-order valence-electron chi connectivity index (χ4n) is 1.31. The zero-order valence-corrected chi connectivity index (χ0v) is 9.16. The van der Waals surface area contributed by atoms with Crippen LogP contribution in [0.15, 0.2) is 18.3 Å². The van der Waals surface area contributed by atoms with E-state index in [9.17, 15) is 0 Å². The highest BCUT2D eigenvalue weighted by atomic mass is 16.5. The van der Waals surface area contributed by atoms with Gasteiger partial charge >= 0.3 is 0 Å². The number of pyridine rings is 1. The number of aromatic nitrogens is 1. The second kappa shape index (κ2) is 5.34. The van der Waals surface area contributed by atoms with Crippen molar-refractivity contribution in [2.45, 2.75) is 32.8 Å². The standard InChI is InChI=1S/C11H17N3O/c1-3-4-8(2)15-10-7-9(11(12)13)5-6-14-10/h5-8H,3-4H2,1-2H3,(H3,12,13). The molecule has 3 N–H and O–H groups in total. The molecule has 0 aliphatic carbocycles. The Morgan fingerprint density at radius 1 is 1.67 bits per heavy atom. The van der Waals surface area contributed by atoms with Crippen molar-refractivity contribution in [3.05, 3.63) is 23.9 Å². The summed E-state index contributed by atoms with van der Waals surface area (Å²) in [6, 6.07) is 3.38. The Labute approximate surface area is 90.0 Å². The number of nitrogens with two attached hydrogens (primary N) is 1. The third-order valence-electron chi connectivity index (χ3n) is 2.06. The molecule has 1 atom stereocenters. The Bertz CT molecular complexity index is 338. The minimum absolute atomic E-state index is 0.0328. The van der Waals surface area contributed by atoms with Crippen molar-refractivity contribution < 1.29 is 4.74 Å². The first-order valence-electron chi connectivity index (χ1n) is 5.10. The van der Waals surface area contributed by atoms with Crippen LogP contribution in [0, 0.1) is 5.41 Å². The average Bonchev–Trinajstić information content (AvgIpc) is 2.18. The van der Waals surface area contributed by atoms with E-state index < -0.39 is 0 Å². The maximum absolute atomic E-state index is 7.29. The van der Waals surface area contributed by atoms with Crippen LogP contribution in [0.25, 0.3) is 0 Å². The highest BCUT2D eigenvalue weighted by Gasteiger charge is 2.05. The first kappa shape index (κ1) is 11.5. The topological polar surface area (TPSA) is 72.0 Å². The van der Waals surface area contributed by atoms with Crippen molar-refractivity contribution in [1.82, 2.24) is 4.98 Å². The highest BCUT2D eigenvalue weighted by Crippen LogP contribution is 2.12. The molecule has 4 nitrogen and oxygen atoms in total. The maximum atomic E-state index is 7.29.